The van der Waals surface area contributed by atoms with Crippen LogP contribution >= 0.6 is 0 Å². The maximum Gasteiger partial charge on any atom is 0.204 e. The fourth-order valence-electron chi connectivity index (χ4n) is 3.75. The second-order valence-corrected chi connectivity index (χ2v) is 11.2. The van der Waals surface area contributed by atoms with Crippen molar-refractivity contribution in [2.75, 3.05) is 0 Å². The van der Waals surface area contributed by atoms with Gasteiger partial charge in [0.15, 0.2) is 0 Å². The third-order valence-corrected chi connectivity index (χ3v) is 5.64. The summed E-state index contributed by atoms with van der Waals surface area (Å²) >= 11 is 0. The van der Waals surface area contributed by atoms with Crippen LogP contribution in [0, 0.1) is 16.7 Å². The van der Waals surface area contributed by atoms with Gasteiger partial charge in [0, 0.05) is 5.41 Å². The molecule has 0 amide bonds. The van der Waals surface area contributed by atoms with Gasteiger partial charge in [0.1, 0.15) is 5.75 Å². The van der Waals surface area contributed by atoms with Gasteiger partial charge in [-0.15, -0.1) is 0 Å². The Bertz CT molecular complexity index is 560. The van der Waals surface area contributed by atoms with Crippen LogP contribution in [0.5, 0.6) is 5.75 Å². The van der Waals surface area contributed by atoms with Crippen molar-refractivity contribution in [1.82, 2.24) is 0 Å². The molecule has 3 atom stereocenters. The van der Waals surface area contributed by atoms with Crippen LogP contribution in [-0.4, -0.2) is 12.4 Å². The number of hydrogen-bond acceptors (Lipinski definition) is 2. The summed E-state index contributed by atoms with van der Waals surface area (Å²) in [7, 11) is 0. The van der Waals surface area contributed by atoms with Crippen LogP contribution in [0.25, 0.3) is 0 Å². The zero-order chi connectivity index (χ0) is 22.2. The Morgan fingerprint density at radius 3 is 1.86 bits per heavy atom. The summed E-state index contributed by atoms with van der Waals surface area (Å²) in [4.78, 5) is 0. The minimum atomic E-state index is -0.246. The van der Waals surface area contributed by atoms with E-state index in [1.54, 1.807) is 0 Å². The van der Waals surface area contributed by atoms with E-state index >= 15 is 0 Å². The number of benzene rings is 1. The van der Waals surface area contributed by atoms with Gasteiger partial charge in [-0.3, -0.25) is 0 Å². The van der Waals surface area contributed by atoms with Crippen LogP contribution < -0.4 is 4.74 Å². The Labute approximate surface area is 181 Å². The second kappa shape index (κ2) is 11.4. The number of hydrogen-bond donors (Lipinski definition) is 0. The summed E-state index contributed by atoms with van der Waals surface area (Å²) in [6.07, 6.45) is 5.75. The van der Waals surface area contributed by atoms with Crippen molar-refractivity contribution < 1.29 is 9.47 Å². The highest BCUT2D eigenvalue weighted by atomic mass is 16.7. The number of ether oxygens (including phenoxy) is 2. The highest BCUT2D eigenvalue weighted by Gasteiger charge is 2.30. The molecule has 1 aromatic rings. The normalized spacial score (nSPS) is 16.0. The molecule has 0 bridgehead atoms. The zero-order valence-corrected chi connectivity index (χ0v) is 21.0. The zero-order valence-electron chi connectivity index (χ0n) is 21.0. The van der Waals surface area contributed by atoms with E-state index in [0.29, 0.717) is 11.8 Å². The molecule has 0 aliphatic rings. The minimum Gasteiger partial charge on any atom is -0.464 e. The van der Waals surface area contributed by atoms with Gasteiger partial charge in [0.25, 0.3) is 0 Å². The molecule has 0 N–H and O–H groups in total. The lowest BCUT2D eigenvalue weighted by atomic mass is 9.72. The maximum absolute atomic E-state index is 6.43. The SMILES string of the molecule is CCCCC(CC)OC(Oc1ccc(C(CC(C)C)C(C)(C)C)cc1)C(C)(C)C. The smallest absolute Gasteiger partial charge is 0.204 e. The molecule has 3 unspecified atom stereocenters. The summed E-state index contributed by atoms with van der Waals surface area (Å²) in [5.41, 5.74) is 1.57. The van der Waals surface area contributed by atoms with E-state index < -0.39 is 0 Å². The van der Waals surface area contributed by atoms with E-state index in [0.717, 1.165) is 18.6 Å². The molecule has 29 heavy (non-hydrogen) atoms. The molecule has 2 nitrogen and oxygen atoms in total. The van der Waals surface area contributed by atoms with E-state index in [1.165, 1.54) is 24.8 Å². The summed E-state index contributed by atoms with van der Waals surface area (Å²) in [5, 5.41) is 0. The number of unbranched alkanes of at least 4 members (excludes halogenated alkanes) is 1. The Morgan fingerprint density at radius 1 is 0.862 bits per heavy atom. The van der Waals surface area contributed by atoms with E-state index in [2.05, 4.69) is 93.5 Å². The van der Waals surface area contributed by atoms with Crippen molar-refractivity contribution in [3.05, 3.63) is 29.8 Å². The Balaban J connectivity index is 2.95. The van der Waals surface area contributed by atoms with Crippen molar-refractivity contribution in [3.63, 3.8) is 0 Å². The molecule has 0 heterocycles. The van der Waals surface area contributed by atoms with Crippen molar-refractivity contribution in [3.8, 4) is 5.75 Å². The third kappa shape index (κ3) is 9.11. The van der Waals surface area contributed by atoms with Crippen molar-refractivity contribution in [2.45, 2.75) is 120 Å². The first-order valence-corrected chi connectivity index (χ1v) is 11.8. The minimum absolute atomic E-state index is 0.0795. The van der Waals surface area contributed by atoms with Gasteiger partial charge in [-0.25, -0.2) is 0 Å². The van der Waals surface area contributed by atoms with E-state index in [4.69, 9.17) is 9.47 Å². The van der Waals surface area contributed by atoms with Crippen molar-refractivity contribution >= 4 is 0 Å². The summed E-state index contributed by atoms with van der Waals surface area (Å²) in [6, 6.07) is 8.76. The molecule has 0 fully saturated rings. The fraction of sp³-hybridized carbons (Fsp3) is 0.778. The summed E-state index contributed by atoms with van der Waals surface area (Å²) < 4.78 is 12.8. The van der Waals surface area contributed by atoms with Gasteiger partial charge in [-0.05, 0) is 54.2 Å². The van der Waals surface area contributed by atoms with Crippen LogP contribution in [0.15, 0.2) is 24.3 Å². The molecule has 0 aromatic heterocycles. The molecule has 2 heteroatoms. The highest BCUT2D eigenvalue weighted by Crippen LogP contribution is 2.40. The fourth-order valence-corrected chi connectivity index (χ4v) is 3.75. The van der Waals surface area contributed by atoms with Crippen LogP contribution in [0.4, 0.5) is 0 Å². The molecule has 0 saturated carbocycles. The van der Waals surface area contributed by atoms with Gasteiger partial charge < -0.3 is 9.47 Å². The average Bonchev–Trinajstić information content (AvgIpc) is 2.61. The topological polar surface area (TPSA) is 18.5 Å². The van der Waals surface area contributed by atoms with E-state index in [9.17, 15) is 0 Å². The van der Waals surface area contributed by atoms with Crippen LogP contribution in [0.3, 0.4) is 0 Å². The standard InChI is InChI=1S/C27H48O2/c1-11-13-14-22(12-2)28-25(27(8,9)10)29-23-17-15-21(16-18-23)24(19-20(3)4)26(5,6)7/h15-18,20,22,24-25H,11-14,19H2,1-10H3. The van der Waals surface area contributed by atoms with Crippen LogP contribution in [0.1, 0.15) is 113 Å². The first-order chi connectivity index (χ1) is 13.4. The van der Waals surface area contributed by atoms with Gasteiger partial charge in [-0.1, -0.05) is 94.2 Å². The van der Waals surface area contributed by atoms with E-state index in [-0.39, 0.29) is 23.2 Å². The number of rotatable bonds is 11. The lowest BCUT2D eigenvalue weighted by Crippen LogP contribution is -2.38. The lowest BCUT2D eigenvalue weighted by molar-refractivity contribution is -0.173. The lowest BCUT2D eigenvalue weighted by Gasteiger charge is -2.34. The predicted octanol–water partition coefficient (Wildman–Crippen LogP) is 8.60. The first kappa shape index (κ1) is 26.0. The molecule has 0 spiro atoms. The van der Waals surface area contributed by atoms with Crippen LogP contribution in [0.2, 0.25) is 0 Å². The van der Waals surface area contributed by atoms with Gasteiger partial charge in [-0.2, -0.15) is 0 Å². The monoisotopic (exact) mass is 404 g/mol. The molecule has 1 rings (SSSR count). The summed E-state index contributed by atoms with van der Waals surface area (Å²) in [6.45, 7) is 22.7. The van der Waals surface area contributed by atoms with E-state index in [1.807, 2.05) is 0 Å². The van der Waals surface area contributed by atoms with Crippen molar-refractivity contribution in [2.24, 2.45) is 16.7 Å². The van der Waals surface area contributed by atoms with Gasteiger partial charge in [0.2, 0.25) is 6.29 Å². The Hall–Kier alpha value is -1.02. The maximum atomic E-state index is 6.43. The molecule has 1 aromatic carbocycles. The molecular weight excluding hydrogens is 356 g/mol. The Kier molecular flexibility index (Phi) is 10.2. The molecule has 0 saturated heterocycles. The van der Waals surface area contributed by atoms with Gasteiger partial charge >= 0.3 is 0 Å². The predicted molar refractivity (Wildman–Crippen MR) is 127 cm³/mol. The van der Waals surface area contributed by atoms with Gasteiger partial charge in [0.05, 0.1) is 6.10 Å². The molecule has 0 radical (unpaired) electrons. The molecule has 0 aliphatic carbocycles. The second-order valence-electron chi connectivity index (χ2n) is 11.2. The summed E-state index contributed by atoms with van der Waals surface area (Å²) in [5.74, 6) is 2.13. The highest BCUT2D eigenvalue weighted by molar-refractivity contribution is 5.30. The Morgan fingerprint density at radius 2 is 1.45 bits per heavy atom. The van der Waals surface area contributed by atoms with Crippen molar-refractivity contribution in [1.29, 1.82) is 0 Å². The molecule has 168 valence electrons. The largest absolute Gasteiger partial charge is 0.464 e. The third-order valence-electron chi connectivity index (χ3n) is 5.64. The first-order valence-electron chi connectivity index (χ1n) is 11.8. The quantitative estimate of drug-likeness (QED) is 0.344. The van der Waals surface area contributed by atoms with Crippen LogP contribution in [-0.2, 0) is 4.74 Å². The molecule has 0 aliphatic heterocycles. The molecular formula is C27H48O2. The average molecular weight is 405 g/mol.